The maximum Gasteiger partial charge on any atom is 0.188 e. The molecule has 0 saturated heterocycles. The molecular formula is C57H66O12. The van der Waals surface area contributed by atoms with E-state index in [4.69, 9.17) is 42.6 Å². The van der Waals surface area contributed by atoms with Crippen LogP contribution in [0.2, 0.25) is 0 Å². The van der Waals surface area contributed by atoms with Crippen molar-refractivity contribution in [2.24, 2.45) is 0 Å². The van der Waals surface area contributed by atoms with Crippen LogP contribution in [0.5, 0.6) is 34.5 Å². The number of phenols is 3. The highest BCUT2D eigenvalue weighted by atomic mass is 16.7. The van der Waals surface area contributed by atoms with Crippen molar-refractivity contribution >= 4 is 0 Å². The van der Waals surface area contributed by atoms with Crippen LogP contribution in [-0.4, -0.2) is 57.0 Å². The molecule has 0 fully saturated rings. The quantitative estimate of drug-likeness (QED) is 0.0843. The number of benzene rings is 6. The van der Waals surface area contributed by atoms with Gasteiger partial charge in [0.15, 0.2) is 20.4 Å². The first kappa shape index (κ1) is 50.7. The maximum absolute atomic E-state index is 12.0. The van der Waals surface area contributed by atoms with Crippen molar-refractivity contribution in [3.8, 4) is 34.5 Å². The fourth-order valence-corrected chi connectivity index (χ4v) is 8.62. The summed E-state index contributed by atoms with van der Waals surface area (Å²) in [6.07, 6.45) is 0. The Balaban J connectivity index is 1.31. The maximum atomic E-state index is 12.0. The van der Waals surface area contributed by atoms with E-state index >= 15 is 0 Å². The summed E-state index contributed by atoms with van der Waals surface area (Å²) in [6, 6.07) is 35.4. The third kappa shape index (κ3) is 11.7. The molecule has 1 aliphatic heterocycles. The van der Waals surface area contributed by atoms with E-state index in [0.29, 0.717) is 50.6 Å². The third-order valence-electron chi connectivity index (χ3n) is 13.3. The number of fused-ring (bicyclic) bond motifs is 6. The van der Waals surface area contributed by atoms with Crippen molar-refractivity contribution in [2.45, 2.75) is 97.4 Å². The van der Waals surface area contributed by atoms with E-state index in [1.165, 1.54) is 0 Å². The third-order valence-corrected chi connectivity index (χ3v) is 13.3. The van der Waals surface area contributed by atoms with Crippen molar-refractivity contribution in [2.75, 3.05) is 41.7 Å². The van der Waals surface area contributed by atoms with Crippen LogP contribution in [0.25, 0.3) is 0 Å². The summed E-state index contributed by atoms with van der Waals surface area (Å²) in [5.41, 5.74) is 7.61. The van der Waals surface area contributed by atoms with Gasteiger partial charge in [-0.15, -0.1) is 0 Å². The zero-order valence-corrected chi connectivity index (χ0v) is 41.3. The molecule has 6 bridgehead atoms. The summed E-state index contributed by atoms with van der Waals surface area (Å²) in [5.74, 6) is 2.19. The predicted molar refractivity (Wildman–Crippen MR) is 263 cm³/mol. The molecule has 12 heteroatoms. The van der Waals surface area contributed by atoms with Crippen LogP contribution in [-0.2, 0) is 84.3 Å². The monoisotopic (exact) mass is 942 g/mol. The highest BCUT2D eigenvalue weighted by Crippen LogP contribution is 2.42. The van der Waals surface area contributed by atoms with Gasteiger partial charge in [-0.05, 0) is 106 Å². The van der Waals surface area contributed by atoms with Gasteiger partial charge in [0, 0.05) is 71.0 Å². The predicted octanol–water partition coefficient (Wildman–Crippen LogP) is 11.2. The Labute approximate surface area is 406 Å². The number of hydrogen-bond acceptors (Lipinski definition) is 12. The minimum atomic E-state index is -0.531. The SMILES string of the molecule is COCOc1ccc(C(C)(C)c2cc3c(O)c(c2)COCc2cc(C(C)(C)c4ccc(OCOC)cc4)cc(c2O)COCc2cc(C(C)(C)c4ccc(OCOC)cc4)cc(c2O)COC3)cc1. The standard InChI is InChI=1S/C57H66O12/c1-55(2,43-10-16-49(17-11-43)67-34-61-7)46-22-37-28-64-30-39-24-47(56(3,4)44-12-18-50(19-13-44)68-35-62-8)26-41(53(39)59)32-66-33-42-27-48(25-40(54(42)60)31-65-29-38(23-46)52(37)58)57(5,6)45-14-20-51(21-15-45)69-36-63-9/h10-27,58-60H,28-36H2,1-9H3. The Morgan fingerprint density at radius 1 is 0.348 bits per heavy atom. The van der Waals surface area contributed by atoms with Crippen molar-refractivity contribution < 1.29 is 58.0 Å². The second-order valence-corrected chi connectivity index (χ2v) is 19.0. The molecule has 0 aromatic heterocycles. The fourth-order valence-electron chi connectivity index (χ4n) is 8.62. The number of hydrogen-bond donors (Lipinski definition) is 3. The smallest absolute Gasteiger partial charge is 0.188 e. The van der Waals surface area contributed by atoms with Gasteiger partial charge in [0.1, 0.15) is 34.5 Å². The van der Waals surface area contributed by atoms with Gasteiger partial charge in [0.2, 0.25) is 0 Å². The lowest BCUT2D eigenvalue weighted by atomic mass is 9.77. The van der Waals surface area contributed by atoms with Crippen LogP contribution < -0.4 is 14.2 Å². The minimum Gasteiger partial charge on any atom is -0.507 e. The van der Waals surface area contributed by atoms with Crippen LogP contribution in [0.1, 0.15) is 108 Å². The van der Waals surface area contributed by atoms with E-state index in [1.54, 1.807) is 21.3 Å². The topological polar surface area (TPSA) is 144 Å². The number of aromatic hydroxyl groups is 3. The molecule has 0 radical (unpaired) electrons. The van der Waals surface area contributed by atoms with E-state index < -0.39 is 16.2 Å². The molecule has 0 saturated carbocycles. The van der Waals surface area contributed by atoms with Crippen LogP contribution in [0, 0.1) is 0 Å². The molecule has 3 N–H and O–H groups in total. The summed E-state index contributed by atoms with van der Waals surface area (Å²) in [5, 5.41) is 35.9. The highest BCUT2D eigenvalue weighted by molar-refractivity contribution is 5.52. The van der Waals surface area contributed by atoms with E-state index in [9.17, 15) is 15.3 Å². The first-order valence-corrected chi connectivity index (χ1v) is 23.0. The molecule has 0 unspecified atom stereocenters. The van der Waals surface area contributed by atoms with Gasteiger partial charge in [-0.25, -0.2) is 0 Å². The molecule has 0 spiro atoms. The van der Waals surface area contributed by atoms with Crippen LogP contribution in [0.4, 0.5) is 0 Å². The van der Waals surface area contributed by atoms with E-state index in [0.717, 1.165) is 33.4 Å². The van der Waals surface area contributed by atoms with E-state index in [1.807, 2.05) is 109 Å². The Kier molecular flexibility index (Phi) is 16.3. The molecule has 7 rings (SSSR count). The molecule has 1 heterocycles. The Morgan fingerprint density at radius 2 is 0.551 bits per heavy atom. The minimum absolute atomic E-state index is 0.0368. The molecule has 6 aromatic rings. The largest absolute Gasteiger partial charge is 0.507 e. The number of ether oxygens (including phenoxy) is 9. The van der Waals surface area contributed by atoms with E-state index in [-0.39, 0.29) is 77.3 Å². The van der Waals surface area contributed by atoms with Gasteiger partial charge in [-0.3, -0.25) is 0 Å². The van der Waals surface area contributed by atoms with Gasteiger partial charge in [-0.1, -0.05) is 77.9 Å². The summed E-state index contributed by atoms with van der Waals surface area (Å²) in [4.78, 5) is 0. The van der Waals surface area contributed by atoms with Crippen LogP contribution in [0.3, 0.4) is 0 Å². The summed E-state index contributed by atoms with van der Waals surface area (Å²) in [7, 11) is 4.74. The Hall–Kier alpha value is -6.12. The molecule has 1 aliphatic rings. The Morgan fingerprint density at radius 3 is 0.739 bits per heavy atom. The second-order valence-electron chi connectivity index (χ2n) is 19.0. The van der Waals surface area contributed by atoms with Gasteiger partial charge < -0.3 is 58.0 Å². The number of methoxy groups -OCH3 is 3. The number of phenolic OH excluding ortho intramolecular Hbond substituents is 3. The van der Waals surface area contributed by atoms with Crippen LogP contribution >= 0.6 is 0 Å². The average molecular weight is 943 g/mol. The second kappa shape index (κ2) is 22.1. The van der Waals surface area contributed by atoms with Gasteiger partial charge in [0.05, 0.1) is 39.6 Å². The van der Waals surface area contributed by atoms with Crippen molar-refractivity contribution in [1.29, 1.82) is 0 Å². The highest BCUT2D eigenvalue weighted by Gasteiger charge is 2.30. The number of rotatable bonds is 15. The van der Waals surface area contributed by atoms with Crippen LogP contribution in [0.15, 0.2) is 109 Å². The van der Waals surface area contributed by atoms with Gasteiger partial charge in [-0.2, -0.15) is 0 Å². The normalized spacial score (nSPS) is 13.9. The lowest BCUT2D eigenvalue weighted by molar-refractivity contribution is 0.0509. The molecule has 0 amide bonds. The zero-order chi connectivity index (χ0) is 49.3. The van der Waals surface area contributed by atoms with Crippen molar-refractivity contribution in [3.05, 3.63) is 176 Å². The molecule has 0 atom stereocenters. The van der Waals surface area contributed by atoms with Crippen molar-refractivity contribution in [1.82, 2.24) is 0 Å². The summed E-state index contributed by atoms with van der Waals surface area (Å²) >= 11 is 0. The Bertz CT molecular complexity index is 2280. The molecule has 0 aliphatic carbocycles. The molecular weight excluding hydrogens is 877 g/mol. The van der Waals surface area contributed by atoms with Crippen molar-refractivity contribution in [3.63, 3.8) is 0 Å². The van der Waals surface area contributed by atoms with Gasteiger partial charge >= 0.3 is 0 Å². The molecule has 69 heavy (non-hydrogen) atoms. The first-order chi connectivity index (χ1) is 33.1. The molecule has 12 nitrogen and oxygen atoms in total. The van der Waals surface area contributed by atoms with Gasteiger partial charge in [0.25, 0.3) is 0 Å². The lowest BCUT2D eigenvalue weighted by Gasteiger charge is -2.29. The first-order valence-electron chi connectivity index (χ1n) is 23.0. The summed E-state index contributed by atoms with van der Waals surface area (Å²) < 4.78 is 51.5. The fraction of sp³-hybridized carbons (Fsp3) is 0.368. The molecule has 366 valence electrons. The summed E-state index contributed by atoms with van der Waals surface area (Å²) in [6.45, 7) is 13.4. The average Bonchev–Trinajstić information content (AvgIpc) is 3.34. The molecule has 6 aromatic carbocycles. The lowest BCUT2D eigenvalue weighted by Crippen LogP contribution is -2.20. The zero-order valence-electron chi connectivity index (χ0n) is 41.3. The van der Waals surface area contributed by atoms with E-state index in [2.05, 4.69) is 41.5 Å².